The van der Waals surface area contributed by atoms with E-state index < -0.39 is 24.5 Å². The minimum absolute atomic E-state index is 0.343. The molecular formula is C12H14ClN3O5. The first-order chi connectivity index (χ1) is 9.92. The standard InChI is InChI=1S/C12H14ClN3O5/c1-21-9-4-7(2-3-8(9)13)16-12(20)15-5-10(17)14-6-11(18)19/h2-4H,5-6H2,1H3,(H,14,17)(H,18,19)(H2,15,16,20). The number of rotatable bonds is 6. The van der Waals surface area contributed by atoms with Gasteiger partial charge in [0.1, 0.15) is 12.3 Å². The fraction of sp³-hybridized carbons (Fsp3) is 0.250. The molecule has 1 aromatic carbocycles. The lowest BCUT2D eigenvalue weighted by Crippen LogP contribution is -2.40. The fourth-order valence-electron chi connectivity index (χ4n) is 1.31. The van der Waals surface area contributed by atoms with Crippen LogP contribution in [-0.4, -0.2) is 43.2 Å². The van der Waals surface area contributed by atoms with Gasteiger partial charge >= 0.3 is 12.0 Å². The molecule has 0 radical (unpaired) electrons. The van der Waals surface area contributed by atoms with E-state index in [1.807, 2.05) is 0 Å². The van der Waals surface area contributed by atoms with E-state index in [9.17, 15) is 14.4 Å². The lowest BCUT2D eigenvalue weighted by atomic mass is 10.3. The number of carbonyl (C=O) groups is 3. The fourth-order valence-corrected chi connectivity index (χ4v) is 1.50. The number of aliphatic carboxylic acids is 1. The maximum absolute atomic E-state index is 11.5. The molecule has 9 heteroatoms. The van der Waals surface area contributed by atoms with Gasteiger partial charge in [0.25, 0.3) is 0 Å². The molecule has 0 fully saturated rings. The number of benzene rings is 1. The summed E-state index contributed by atoms with van der Waals surface area (Å²) in [6.07, 6.45) is 0. The van der Waals surface area contributed by atoms with E-state index in [0.717, 1.165) is 0 Å². The van der Waals surface area contributed by atoms with E-state index in [1.165, 1.54) is 13.2 Å². The van der Waals surface area contributed by atoms with E-state index in [1.54, 1.807) is 12.1 Å². The molecule has 4 N–H and O–H groups in total. The highest BCUT2D eigenvalue weighted by Gasteiger charge is 2.08. The molecule has 0 atom stereocenters. The van der Waals surface area contributed by atoms with Gasteiger partial charge in [0, 0.05) is 11.8 Å². The number of ether oxygens (including phenoxy) is 1. The van der Waals surface area contributed by atoms with Crippen molar-refractivity contribution in [3.63, 3.8) is 0 Å². The molecule has 0 saturated heterocycles. The Kier molecular flexibility index (Phi) is 6.28. The summed E-state index contributed by atoms with van der Waals surface area (Å²) in [6, 6.07) is 4.02. The monoisotopic (exact) mass is 315 g/mol. The second kappa shape index (κ2) is 7.95. The van der Waals surface area contributed by atoms with Gasteiger partial charge in [-0.15, -0.1) is 0 Å². The van der Waals surface area contributed by atoms with E-state index in [-0.39, 0.29) is 6.54 Å². The molecule has 0 spiro atoms. The molecule has 0 aliphatic rings. The number of carboxylic acids is 1. The van der Waals surface area contributed by atoms with Crippen molar-refractivity contribution in [2.24, 2.45) is 0 Å². The number of halogens is 1. The Bertz CT molecular complexity index is 550. The molecule has 114 valence electrons. The highest BCUT2D eigenvalue weighted by molar-refractivity contribution is 6.32. The van der Waals surface area contributed by atoms with Crippen LogP contribution in [0.3, 0.4) is 0 Å². The molecule has 0 aromatic heterocycles. The third kappa shape index (κ3) is 6.00. The molecule has 0 aliphatic carbocycles. The zero-order valence-electron chi connectivity index (χ0n) is 11.1. The lowest BCUT2D eigenvalue weighted by molar-refractivity contribution is -0.137. The highest BCUT2D eigenvalue weighted by Crippen LogP contribution is 2.27. The van der Waals surface area contributed by atoms with Gasteiger partial charge in [-0.3, -0.25) is 9.59 Å². The summed E-state index contributed by atoms with van der Waals surface area (Å²) in [5.41, 5.74) is 0.430. The minimum atomic E-state index is -1.17. The van der Waals surface area contributed by atoms with E-state index in [4.69, 9.17) is 21.4 Å². The topological polar surface area (TPSA) is 117 Å². The summed E-state index contributed by atoms with van der Waals surface area (Å²) in [6.45, 7) is -0.847. The molecule has 3 amide bonds. The predicted molar refractivity (Wildman–Crippen MR) is 75.7 cm³/mol. The van der Waals surface area contributed by atoms with Crippen LogP contribution in [0.25, 0.3) is 0 Å². The van der Waals surface area contributed by atoms with E-state index >= 15 is 0 Å². The van der Waals surface area contributed by atoms with Gasteiger partial charge in [-0.05, 0) is 12.1 Å². The highest BCUT2D eigenvalue weighted by atomic mass is 35.5. The van der Waals surface area contributed by atoms with Crippen molar-refractivity contribution in [2.75, 3.05) is 25.5 Å². The minimum Gasteiger partial charge on any atom is -0.495 e. The van der Waals surface area contributed by atoms with E-state index in [0.29, 0.717) is 16.5 Å². The Morgan fingerprint density at radius 2 is 1.95 bits per heavy atom. The second-order valence-electron chi connectivity index (χ2n) is 3.83. The number of methoxy groups -OCH3 is 1. The lowest BCUT2D eigenvalue weighted by Gasteiger charge is -2.09. The van der Waals surface area contributed by atoms with Crippen molar-refractivity contribution in [2.45, 2.75) is 0 Å². The molecule has 0 aliphatic heterocycles. The molecule has 8 nitrogen and oxygen atoms in total. The number of urea groups is 1. The van der Waals surface area contributed by atoms with Gasteiger partial charge in [0.2, 0.25) is 5.91 Å². The van der Waals surface area contributed by atoms with E-state index in [2.05, 4.69) is 16.0 Å². The van der Waals surface area contributed by atoms with Crippen molar-refractivity contribution in [1.82, 2.24) is 10.6 Å². The number of hydrogen-bond donors (Lipinski definition) is 4. The van der Waals surface area contributed by atoms with Crippen molar-refractivity contribution in [1.29, 1.82) is 0 Å². The number of nitrogens with one attached hydrogen (secondary N) is 3. The van der Waals surface area contributed by atoms with Gasteiger partial charge in [-0.1, -0.05) is 11.6 Å². The summed E-state index contributed by atoms with van der Waals surface area (Å²) in [5, 5.41) is 15.6. The van der Waals surface area contributed by atoms with Crippen LogP contribution in [0.15, 0.2) is 18.2 Å². The number of carbonyl (C=O) groups excluding carboxylic acids is 2. The van der Waals surface area contributed by atoms with Crippen molar-refractivity contribution < 1.29 is 24.2 Å². The van der Waals surface area contributed by atoms with Gasteiger partial charge in [0.15, 0.2) is 0 Å². The Labute approximate surface area is 125 Å². The van der Waals surface area contributed by atoms with Gasteiger partial charge in [0.05, 0.1) is 18.7 Å². The van der Waals surface area contributed by atoms with Crippen LogP contribution in [0.4, 0.5) is 10.5 Å². The summed E-state index contributed by atoms with van der Waals surface area (Å²) in [5.74, 6) is -1.38. The average molecular weight is 316 g/mol. The Balaban J connectivity index is 2.43. The third-order valence-electron chi connectivity index (χ3n) is 2.26. The third-order valence-corrected chi connectivity index (χ3v) is 2.57. The molecule has 1 rings (SSSR count). The average Bonchev–Trinajstić information content (AvgIpc) is 2.44. The predicted octanol–water partition coefficient (Wildman–Crippen LogP) is 0.671. The molecule has 0 saturated carbocycles. The Morgan fingerprint density at radius 3 is 2.57 bits per heavy atom. The zero-order valence-corrected chi connectivity index (χ0v) is 11.9. The first-order valence-electron chi connectivity index (χ1n) is 5.79. The van der Waals surface area contributed by atoms with Gasteiger partial charge in [-0.25, -0.2) is 4.79 Å². The maximum atomic E-state index is 11.5. The summed E-state index contributed by atoms with van der Waals surface area (Å²) >= 11 is 5.84. The Hall–Kier alpha value is -2.48. The molecule has 0 heterocycles. The number of carboxylic acid groups (broad SMARTS) is 1. The summed E-state index contributed by atoms with van der Waals surface area (Å²) in [4.78, 5) is 33.0. The van der Waals surface area contributed by atoms with Crippen molar-refractivity contribution >= 4 is 35.2 Å². The van der Waals surface area contributed by atoms with Crippen LogP contribution >= 0.6 is 11.6 Å². The Morgan fingerprint density at radius 1 is 1.24 bits per heavy atom. The van der Waals surface area contributed by atoms with Crippen LogP contribution in [-0.2, 0) is 9.59 Å². The first-order valence-corrected chi connectivity index (χ1v) is 6.17. The second-order valence-corrected chi connectivity index (χ2v) is 4.23. The normalized spacial score (nSPS) is 9.62. The van der Waals surface area contributed by atoms with Crippen LogP contribution in [0.5, 0.6) is 5.75 Å². The first kappa shape index (κ1) is 16.6. The van der Waals surface area contributed by atoms with Crippen LogP contribution in [0.1, 0.15) is 0 Å². The molecule has 0 unspecified atom stereocenters. The van der Waals surface area contributed by atoms with Crippen molar-refractivity contribution in [3.05, 3.63) is 23.2 Å². The maximum Gasteiger partial charge on any atom is 0.322 e. The summed E-state index contributed by atoms with van der Waals surface area (Å²) < 4.78 is 5.00. The quantitative estimate of drug-likeness (QED) is 0.615. The summed E-state index contributed by atoms with van der Waals surface area (Å²) in [7, 11) is 1.44. The molecule has 1 aromatic rings. The van der Waals surface area contributed by atoms with Crippen LogP contribution < -0.4 is 20.7 Å². The number of hydrogen-bond acceptors (Lipinski definition) is 4. The van der Waals surface area contributed by atoms with Crippen LogP contribution in [0.2, 0.25) is 5.02 Å². The van der Waals surface area contributed by atoms with Crippen LogP contribution in [0, 0.1) is 0 Å². The van der Waals surface area contributed by atoms with Crippen molar-refractivity contribution in [3.8, 4) is 5.75 Å². The number of anilines is 1. The molecule has 21 heavy (non-hydrogen) atoms. The largest absolute Gasteiger partial charge is 0.495 e. The molecule has 0 bridgehead atoms. The number of amides is 3. The van der Waals surface area contributed by atoms with Gasteiger partial charge < -0.3 is 25.8 Å². The zero-order chi connectivity index (χ0) is 15.8. The SMILES string of the molecule is COc1cc(NC(=O)NCC(=O)NCC(=O)O)ccc1Cl. The van der Waals surface area contributed by atoms with Gasteiger partial charge in [-0.2, -0.15) is 0 Å². The smallest absolute Gasteiger partial charge is 0.322 e. The molecular weight excluding hydrogens is 302 g/mol.